The number of hydrogen-bond donors (Lipinski definition) is 0. The Morgan fingerprint density at radius 3 is 2.12 bits per heavy atom. The van der Waals surface area contributed by atoms with Gasteiger partial charge in [-0.3, -0.25) is 0 Å². The monoisotopic (exact) mass is 281 g/mol. The van der Waals surface area contributed by atoms with Crippen LogP contribution < -0.4 is 0 Å². The standard InChI is InChI=1S/C15H22Br/c16-14-10-5-3-1-2-4-7-11-15-12-8-6-9-13-15/h6,8-9,11-13H,1-5,7,10,14H2. The van der Waals surface area contributed by atoms with Crippen LogP contribution in [0.1, 0.15) is 50.5 Å². The van der Waals surface area contributed by atoms with Gasteiger partial charge >= 0.3 is 0 Å². The predicted molar refractivity (Wildman–Crippen MR) is 76.0 cm³/mol. The van der Waals surface area contributed by atoms with E-state index in [0.717, 1.165) is 5.33 Å². The topological polar surface area (TPSA) is 0 Å². The van der Waals surface area contributed by atoms with Gasteiger partial charge in [-0.05, 0) is 24.8 Å². The van der Waals surface area contributed by atoms with Gasteiger partial charge in [-0.15, -0.1) is 0 Å². The van der Waals surface area contributed by atoms with Gasteiger partial charge in [0.2, 0.25) is 0 Å². The molecule has 0 atom stereocenters. The summed E-state index contributed by atoms with van der Waals surface area (Å²) in [6.07, 6.45) is 11.8. The number of halogens is 1. The third-order valence-electron chi connectivity index (χ3n) is 2.77. The predicted octanol–water partition coefficient (Wildman–Crippen LogP) is 5.36. The highest BCUT2D eigenvalue weighted by Gasteiger charge is 1.93. The van der Waals surface area contributed by atoms with Crippen LogP contribution in [-0.2, 0) is 0 Å². The van der Waals surface area contributed by atoms with Gasteiger partial charge < -0.3 is 0 Å². The molecular weight excluding hydrogens is 260 g/mol. The smallest absolute Gasteiger partial charge is 0.00313 e. The number of benzene rings is 1. The lowest BCUT2D eigenvalue weighted by atomic mass is 10.0. The fourth-order valence-corrected chi connectivity index (χ4v) is 2.20. The first-order valence-corrected chi connectivity index (χ1v) is 7.50. The van der Waals surface area contributed by atoms with Crippen LogP contribution in [0.15, 0.2) is 30.3 Å². The Balaban J connectivity index is 1.89. The second kappa shape index (κ2) is 9.89. The Morgan fingerprint density at radius 1 is 0.812 bits per heavy atom. The molecule has 0 saturated heterocycles. The number of unbranched alkanes of at least 4 members (excludes halogenated alkanes) is 6. The SMILES string of the molecule is BrCCCCCCCC[CH]c1ccccc1. The molecule has 0 aliphatic rings. The van der Waals surface area contributed by atoms with E-state index in [-0.39, 0.29) is 0 Å². The van der Waals surface area contributed by atoms with E-state index < -0.39 is 0 Å². The number of rotatable bonds is 9. The van der Waals surface area contributed by atoms with E-state index in [0.29, 0.717) is 0 Å². The average Bonchev–Trinajstić information content (AvgIpc) is 2.34. The molecule has 0 spiro atoms. The van der Waals surface area contributed by atoms with Crippen molar-refractivity contribution in [2.75, 3.05) is 5.33 Å². The van der Waals surface area contributed by atoms with Crippen LogP contribution in [0, 0.1) is 6.42 Å². The van der Waals surface area contributed by atoms with Crippen LogP contribution in [0.5, 0.6) is 0 Å². The van der Waals surface area contributed by atoms with Crippen LogP contribution in [0.2, 0.25) is 0 Å². The first kappa shape index (κ1) is 13.8. The Bertz CT molecular complexity index is 243. The molecule has 0 heterocycles. The zero-order chi connectivity index (χ0) is 11.5. The zero-order valence-corrected chi connectivity index (χ0v) is 11.6. The van der Waals surface area contributed by atoms with Crippen molar-refractivity contribution in [3.05, 3.63) is 42.3 Å². The maximum atomic E-state index is 3.46. The maximum absolute atomic E-state index is 3.46. The third kappa shape index (κ3) is 7.05. The van der Waals surface area contributed by atoms with Crippen LogP contribution in [0.4, 0.5) is 0 Å². The summed E-state index contributed by atoms with van der Waals surface area (Å²) in [6, 6.07) is 10.6. The van der Waals surface area contributed by atoms with Crippen molar-refractivity contribution in [3.8, 4) is 0 Å². The van der Waals surface area contributed by atoms with E-state index in [9.17, 15) is 0 Å². The molecule has 0 aliphatic carbocycles. The molecule has 0 nitrogen and oxygen atoms in total. The number of alkyl halides is 1. The molecule has 0 fully saturated rings. The lowest BCUT2D eigenvalue weighted by Crippen LogP contribution is -1.84. The second-order valence-corrected chi connectivity index (χ2v) is 5.01. The van der Waals surface area contributed by atoms with Crippen molar-refractivity contribution in [1.82, 2.24) is 0 Å². The molecule has 0 saturated carbocycles. The van der Waals surface area contributed by atoms with E-state index in [2.05, 4.69) is 52.7 Å². The van der Waals surface area contributed by atoms with Crippen LogP contribution >= 0.6 is 15.9 Å². The van der Waals surface area contributed by atoms with Gasteiger partial charge in [0, 0.05) is 5.33 Å². The van der Waals surface area contributed by atoms with E-state index >= 15 is 0 Å². The molecule has 0 bridgehead atoms. The average molecular weight is 282 g/mol. The largest absolute Gasteiger partial charge is 0.0928 e. The molecule has 0 aromatic heterocycles. The first-order valence-electron chi connectivity index (χ1n) is 6.37. The molecule has 0 unspecified atom stereocenters. The van der Waals surface area contributed by atoms with Gasteiger partial charge in [0.25, 0.3) is 0 Å². The molecule has 1 aromatic rings. The first-order chi connectivity index (χ1) is 7.93. The molecule has 1 heteroatoms. The van der Waals surface area contributed by atoms with Gasteiger partial charge in [0.1, 0.15) is 0 Å². The zero-order valence-electron chi connectivity index (χ0n) is 10.00. The quantitative estimate of drug-likeness (QED) is 0.422. The molecule has 1 radical (unpaired) electrons. The molecule has 16 heavy (non-hydrogen) atoms. The van der Waals surface area contributed by atoms with Crippen molar-refractivity contribution in [1.29, 1.82) is 0 Å². The fraction of sp³-hybridized carbons (Fsp3) is 0.533. The van der Waals surface area contributed by atoms with Crippen molar-refractivity contribution in [3.63, 3.8) is 0 Å². The van der Waals surface area contributed by atoms with Gasteiger partial charge in [0.05, 0.1) is 0 Å². The minimum absolute atomic E-state index is 1.16. The Morgan fingerprint density at radius 2 is 1.44 bits per heavy atom. The lowest BCUT2D eigenvalue weighted by molar-refractivity contribution is 0.609. The van der Waals surface area contributed by atoms with Gasteiger partial charge in [-0.25, -0.2) is 0 Å². The van der Waals surface area contributed by atoms with Gasteiger partial charge in [0.15, 0.2) is 0 Å². The van der Waals surface area contributed by atoms with Crippen LogP contribution in [0.3, 0.4) is 0 Å². The normalized spacial score (nSPS) is 10.6. The number of hydrogen-bond acceptors (Lipinski definition) is 0. The summed E-state index contributed by atoms with van der Waals surface area (Å²) >= 11 is 3.46. The highest BCUT2D eigenvalue weighted by Crippen LogP contribution is 2.12. The van der Waals surface area contributed by atoms with Crippen molar-refractivity contribution < 1.29 is 0 Å². The van der Waals surface area contributed by atoms with Crippen LogP contribution in [0.25, 0.3) is 0 Å². The molecule has 0 N–H and O–H groups in total. The van der Waals surface area contributed by atoms with Gasteiger partial charge in [-0.1, -0.05) is 78.4 Å². The summed E-state index contributed by atoms with van der Waals surface area (Å²) < 4.78 is 0. The minimum atomic E-state index is 1.16. The van der Waals surface area contributed by atoms with Crippen molar-refractivity contribution >= 4 is 15.9 Å². The molecule has 0 amide bonds. The lowest BCUT2D eigenvalue weighted by Gasteiger charge is -2.01. The van der Waals surface area contributed by atoms with E-state index in [4.69, 9.17) is 0 Å². The minimum Gasteiger partial charge on any atom is -0.0928 e. The Kier molecular flexibility index (Phi) is 8.51. The molecular formula is C15H22Br. The summed E-state index contributed by atoms with van der Waals surface area (Å²) in [5.41, 5.74) is 1.36. The summed E-state index contributed by atoms with van der Waals surface area (Å²) in [5, 5.41) is 1.16. The molecule has 89 valence electrons. The Labute approximate surface area is 109 Å². The highest BCUT2D eigenvalue weighted by molar-refractivity contribution is 9.09. The highest BCUT2D eigenvalue weighted by atomic mass is 79.9. The molecule has 1 rings (SSSR count). The van der Waals surface area contributed by atoms with E-state index in [1.54, 1.807) is 0 Å². The van der Waals surface area contributed by atoms with Crippen LogP contribution in [-0.4, -0.2) is 5.33 Å². The fourth-order valence-electron chi connectivity index (χ4n) is 1.80. The van der Waals surface area contributed by atoms with E-state index in [1.165, 1.54) is 50.5 Å². The van der Waals surface area contributed by atoms with Crippen molar-refractivity contribution in [2.45, 2.75) is 44.9 Å². The second-order valence-electron chi connectivity index (χ2n) is 4.21. The summed E-state index contributed by atoms with van der Waals surface area (Å²) in [6.45, 7) is 0. The molecule has 1 aromatic carbocycles. The van der Waals surface area contributed by atoms with Crippen molar-refractivity contribution in [2.24, 2.45) is 0 Å². The maximum Gasteiger partial charge on any atom is 0.00313 e. The summed E-state index contributed by atoms with van der Waals surface area (Å²) in [7, 11) is 0. The third-order valence-corrected chi connectivity index (χ3v) is 3.33. The Hall–Kier alpha value is -0.300. The summed E-state index contributed by atoms with van der Waals surface area (Å²) in [5.74, 6) is 0. The van der Waals surface area contributed by atoms with Gasteiger partial charge in [-0.2, -0.15) is 0 Å². The van der Waals surface area contributed by atoms with E-state index in [1.807, 2.05) is 0 Å². The summed E-state index contributed by atoms with van der Waals surface area (Å²) in [4.78, 5) is 0. The molecule has 0 aliphatic heterocycles.